The zero-order valence-electron chi connectivity index (χ0n) is 7.92. The molecule has 0 saturated carbocycles. The lowest BCUT2D eigenvalue weighted by molar-refractivity contribution is -0.115. The first kappa shape index (κ1) is 12.5. The first-order valence-corrected chi connectivity index (χ1v) is 5.32. The maximum atomic E-state index is 11.2. The zero-order valence-corrected chi connectivity index (χ0v) is 10.3. The number of nitriles is 2. The fraction of sp³-hybridized carbons (Fsp3) is 0.100. The van der Waals surface area contributed by atoms with Gasteiger partial charge in [-0.2, -0.15) is 10.5 Å². The molecule has 0 radical (unpaired) electrons. The number of amides is 1. The maximum absolute atomic E-state index is 11.2. The summed E-state index contributed by atoms with van der Waals surface area (Å²) in [5.41, 5.74) is 0.471. The summed E-state index contributed by atoms with van der Waals surface area (Å²) in [5, 5.41) is 19.9. The van der Waals surface area contributed by atoms with Gasteiger partial charge in [-0.1, -0.05) is 11.6 Å². The van der Waals surface area contributed by atoms with Crippen molar-refractivity contribution in [2.45, 2.75) is 6.42 Å². The molecule has 1 rings (SSSR count). The molecule has 1 aromatic rings. The molecule has 1 amide bonds. The Bertz CT molecular complexity index is 516. The van der Waals surface area contributed by atoms with Crippen molar-refractivity contribution in [2.24, 2.45) is 0 Å². The van der Waals surface area contributed by atoms with Crippen LogP contribution in [0.3, 0.4) is 0 Å². The molecule has 1 aromatic carbocycles. The van der Waals surface area contributed by atoms with Gasteiger partial charge < -0.3 is 5.32 Å². The Balaban J connectivity index is 3.08. The lowest BCUT2D eigenvalue weighted by atomic mass is 10.2. The number of nitrogens with zero attached hydrogens (tertiary/aromatic N) is 2. The highest BCUT2D eigenvalue weighted by Gasteiger charge is 2.12. The number of carbonyl (C=O) groups is 1. The number of halogens is 2. The van der Waals surface area contributed by atoms with E-state index in [0.717, 1.165) is 0 Å². The third-order valence-corrected chi connectivity index (χ3v) is 3.00. The fourth-order valence-electron chi connectivity index (χ4n) is 1.03. The van der Waals surface area contributed by atoms with E-state index in [0.29, 0.717) is 10.2 Å². The molecule has 80 valence electrons. The molecule has 4 nitrogen and oxygen atoms in total. The Kier molecular flexibility index (Phi) is 4.30. The van der Waals surface area contributed by atoms with Gasteiger partial charge in [0.05, 0.1) is 22.3 Å². The summed E-state index contributed by atoms with van der Waals surface area (Å²) in [6.07, 6.45) is -0.265. The third kappa shape index (κ3) is 2.73. The summed E-state index contributed by atoms with van der Waals surface area (Å²) in [7, 11) is 0. The predicted molar refractivity (Wildman–Crippen MR) is 62.7 cm³/mol. The normalized spacial score (nSPS) is 9.00. The van der Waals surface area contributed by atoms with Crippen molar-refractivity contribution in [1.29, 1.82) is 10.5 Å². The molecule has 0 fully saturated rings. The van der Waals surface area contributed by atoms with Gasteiger partial charge >= 0.3 is 0 Å². The molecule has 0 saturated heterocycles. The lowest BCUT2D eigenvalue weighted by Gasteiger charge is -2.07. The van der Waals surface area contributed by atoms with E-state index in [1.165, 1.54) is 0 Å². The smallest absolute Gasteiger partial charge is 0.238 e. The van der Waals surface area contributed by atoms with Crippen molar-refractivity contribution in [3.8, 4) is 12.1 Å². The molecule has 0 aliphatic heterocycles. The van der Waals surface area contributed by atoms with Crippen molar-refractivity contribution in [2.75, 3.05) is 5.32 Å². The highest BCUT2D eigenvalue weighted by Crippen LogP contribution is 2.31. The summed E-state index contributed by atoms with van der Waals surface area (Å²) < 4.78 is 0.573. The van der Waals surface area contributed by atoms with Gasteiger partial charge in [0.15, 0.2) is 0 Å². The highest BCUT2D eigenvalue weighted by molar-refractivity contribution is 9.10. The van der Waals surface area contributed by atoms with E-state index >= 15 is 0 Å². The summed E-state index contributed by atoms with van der Waals surface area (Å²) >= 11 is 9.04. The molecule has 6 heteroatoms. The maximum Gasteiger partial charge on any atom is 0.238 e. The van der Waals surface area contributed by atoms with Crippen molar-refractivity contribution in [1.82, 2.24) is 0 Å². The van der Waals surface area contributed by atoms with Crippen LogP contribution in [0.1, 0.15) is 12.0 Å². The average Bonchev–Trinajstić information content (AvgIpc) is 2.24. The molecule has 16 heavy (non-hydrogen) atoms. The van der Waals surface area contributed by atoms with Crippen LogP contribution in [-0.2, 0) is 4.79 Å². The molecular weight excluding hydrogens is 293 g/mol. The van der Waals surface area contributed by atoms with Crippen LogP contribution in [0, 0.1) is 22.7 Å². The van der Waals surface area contributed by atoms with Crippen LogP contribution in [0.25, 0.3) is 0 Å². The first-order valence-electron chi connectivity index (χ1n) is 4.15. The van der Waals surface area contributed by atoms with Crippen LogP contribution in [0.4, 0.5) is 5.69 Å². The van der Waals surface area contributed by atoms with Gasteiger partial charge in [0.25, 0.3) is 0 Å². The molecule has 0 unspecified atom stereocenters. The zero-order chi connectivity index (χ0) is 12.1. The van der Waals surface area contributed by atoms with Gasteiger partial charge in [-0.3, -0.25) is 4.79 Å². The van der Waals surface area contributed by atoms with Crippen LogP contribution in [0.15, 0.2) is 16.6 Å². The van der Waals surface area contributed by atoms with E-state index in [1.54, 1.807) is 18.2 Å². The van der Waals surface area contributed by atoms with E-state index in [9.17, 15) is 4.79 Å². The standard InChI is InChI=1S/C10H5BrClN3O/c11-7-1-2-8(6(5-14)10(7)12)15-9(16)3-4-13/h1-2H,3H2,(H,15,16). The van der Waals surface area contributed by atoms with Crippen LogP contribution >= 0.6 is 27.5 Å². The number of rotatable bonds is 2. The van der Waals surface area contributed by atoms with Crippen molar-refractivity contribution in [3.05, 3.63) is 27.2 Å². The van der Waals surface area contributed by atoms with Gasteiger partial charge in [-0.15, -0.1) is 0 Å². The fourth-order valence-corrected chi connectivity index (χ4v) is 1.57. The molecule has 0 bridgehead atoms. The summed E-state index contributed by atoms with van der Waals surface area (Å²) in [4.78, 5) is 11.2. The number of anilines is 1. The molecule has 0 aliphatic carbocycles. The minimum absolute atomic E-state index is 0.169. The Morgan fingerprint density at radius 1 is 1.50 bits per heavy atom. The minimum atomic E-state index is -0.475. The van der Waals surface area contributed by atoms with Crippen LogP contribution in [-0.4, -0.2) is 5.91 Å². The third-order valence-electron chi connectivity index (χ3n) is 1.72. The number of nitrogens with one attached hydrogen (secondary N) is 1. The van der Waals surface area contributed by atoms with Gasteiger partial charge in [-0.25, -0.2) is 0 Å². The first-order chi connectivity index (χ1) is 7.60. The summed E-state index contributed by atoms with van der Waals surface area (Å²) in [5.74, 6) is -0.475. The van der Waals surface area contributed by atoms with E-state index < -0.39 is 5.91 Å². The molecule has 0 heterocycles. The minimum Gasteiger partial charge on any atom is -0.324 e. The number of benzene rings is 1. The topological polar surface area (TPSA) is 76.7 Å². The van der Waals surface area contributed by atoms with Crippen molar-refractivity contribution < 1.29 is 4.79 Å². The SMILES string of the molecule is N#CCC(=O)Nc1ccc(Br)c(Cl)c1C#N. The Labute approximate surface area is 106 Å². The monoisotopic (exact) mass is 297 g/mol. The van der Waals surface area contributed by atoms with Crippen molar-refractivity contribution >= 4 is 39.1 Å². The highest BCUT2D eigenvalue weighted by atomic mass is 79.9. The molecule has 1 N–H and O–H groups in total. The van der Waals surface area contributed by atoms with Crippen LogP contribution in [0.2, 0.25) is 5.02 Å². The van der Waals surface area contributed by atoms with Gasteiger partial charge in [0, 0.05) is 4.47 Å². The predicted octanol–water partition coefficient (Wildman–Crippen LogP) is 2.83. The summed E-state index contributed by atoms with van der Waals surface area (Å²) in [6, 6.07) is 6.77. The number of hydrogen-bond acceptors (Lipinski definition) is 3. The van der Waals surface area contributed by atoms with Gasteiger partial charge in [0.2, 0.25) is 5.91 Å². The molecular formula is C10H5BrClN3O. The van der Waals surface area contributed by atoms with E-state index in [1.807, 2.05) is 6.07 Å². The number of carbonyl (C=O) groups excluding carboxylic acids is 1. The largest absolute Gasteiger partial charge is 0.324 e. The second-order valence-corrected chi connectivity index (χ2v) is 4.01. The second-order valence-electron chi connectivity index (χ2n) is 2.78. The van der Waals surface area contributed by atoms with E-state index in [2.05, 4.69) is 21.2 Å². The Morgan fingerprint density at radius 2 is 2.19 bits per heavy atom. The second kappa shape index (κ2) is 5.50. The number of hydrogen-bond donors (Lipinski definition) is 1. The average molecular weight is 299 g/mol. The Morgan fingerprint density at radius 3 is 2.75 bits per heavy atom. The summed E-state index contributed by atoms with van der Waals surface area (Å²) in [6.45, 7) is 0. The van der Waals surface area contributed by atoms with E-state index in [-0.39, 0.29) is 17.0 Å². The van der Waals surface area contributed by atoms with Gasteiger partial charge in [0.1, 0.15) is 12.5 Å². The van der Waals surface area contributed by atoms with Gasteiger partial charge in [-0.05, 0) is 28.1 Å². The van der Waals surface area contributed by atoms with E-state index in [4.69, 9.17) is 22.1 Å². The Hall–Kier alpha value is -1.56. The molecule has 0 atom stereocenters. The molecule has 0 aromatic heterocycles. The molecule has 0 aliphatic rings. The molecule has 0 spiro atoms. The van der Waals surface area contributed by atoms with Crippen LogP contribution < -0.4 is 5.32 Å². The lowest BCUT2D eigenvalue weighted by Crippen LogP contribution is -2.11. The van der Waals surface area contributed by atoms with Crippen molar-refractivity contribution in [3.63, 3.8) is 0 Å². The quantitative estimate of drug-likeness (QED) is 0.912. The van der Waals surface area contributed by atoms with Crippen LogP contribution in [0.5, 0.6) is 0 Å².